The summed E-state index contributed by atoms with van der Waals surface area (Å²) in [5.41, 5.74) is 2.19. The molecular formula is C18H21N5O. The van der Waals surface area contributed by atoms with E-state index in [1.807, 2.05) is 19.1 Å². The molecule has 124 valence electrons. The van der Waals surface area contributed by atoms with Gasteiger partial charge in [-0.05, 0) is 44.0 Å². The van der Waals surface area contributed by atoms with Gasteiger partial charge in [0, 0.05) is 37.6 Å². The first-order valence-electron chi connectivity index (χ1n) is 8.15. The number of nitrogens with zero attached hydrogens (tertiary/aromatic N) is 4. The summed E-state index contributed by atoms with van der Waals surface area (Å²) in [5, 5.41) is 22.2. The zero-order valence-corrected chi connectivity index (χ0v) is 13.7. The molecule has 0 unspecified atom stereocenters. The van der Waals surface area contributed by atoms with E-state index < -0.39 is 0 Å². The van der Waals surface area contributed by atoms with Gasteiger partial charge >= 0.3 is 0 Å². The van der Waals surface area contributed by atoms with Crippen LogP contribution in [0.25, 0.3) is 0 Å². The highest BCUT2D eigenvalue weighted by atomic mass is 16.3. The van der Waals surface area contributed by atoms with Gasteiger partial charge in [-0.25, -0.2) is 4.98 Å². The predicted molar refractivity (Wildman–Crippen MR) is 91.7 cm³/mol. The second kappa shape index (κ2) is 7.28. The third-order valence-corrected chi connectivity index (χ3v) is 4.34. The fourth-order valence-corrected chi connectivity index (χ4v) is 2.93. The number of hydrogen-bond acceptors (Lipinski definition) is 6. The Labute approximate surface area is 141 Å². The van der Waals surface area contributed by atoms with Crippen LogP contribution in [0.1, 0.15) is 29.8 Å². The third-order valence-electron chi connectivity index (χ3n) is 4.34. The van der Waals surface area contributed by atoms with E-state index in [0.29, 0.717) is 23.8 Å². The fourth-order valence-electron chi connectivity index (χ4n) is 2.93. The molecule has 6 nitrogen and oxygen atoms in total. The molecule has 1 saturated heterocycles. The van der Waals surface area contributed by atoms with Crippen LogP contribution in [-0.4, -0.2) is 34.2 Å². The fraction of sp³-hybridized carbons (Fsp3) is 0.389. The molecule has 0 spiro atoms. The minimum Gasteiger partial charge on any atom is -0.506 e. The summed E-state index contributed by atoms with van der Waals surface area (Å²) >= 11 is 0. The molecule has 0 bridgehead atoms. The molecule has 6 heteroatoms. The van der Waals surface area contributed by atoms with Crippen LogP contribution in [0.5, 0.6) is 5.75 Å². The number of nitrogens with one attached hydrogen (secondary N) is 1. The van der Waals surface area contributed by atoms with E-state index in [-0.39, 0.29) is 5.75 Å². The number of piperidine rings is 1. The lowest BCUT2D eigenvalue weighted by Crippen LogP contribution is -2.42. The van der Waals surface area contributed by atoms with E-state index in [2.05, 4.69) is 26.3 Å². The molecule has 1 aliphatic heterocycles. The first kappa shape index (κ1) is 16.2. The highest BCUT2D eigenvalue weighted by Crippen LogP contribution is 2.19. The topological polar surface area (TPSA) is 85.1 Å². The molecule has 0 atom stereocenters. The maximum Gasteiger partial charge on any atom is 0.138 e. The summed E-state index contributed by atoms with van der Waals surface area (Å²) in [5.74, 6) is 1.16. The summed E-state index contributed by atoms with van der Waals surface area (Å²) in [6, 6.07) is 9.70. The van der Waals surface area contributed by atoms with E-state index in [4.69, 9.17) is 5.26 Å². The number of aryl methyl sites for hydroxylation is 1. The molecule has 3 heterocycles. The van der Waals surface area contributed by atoms with Crippen molar-refractivity contribution in [3.8, 4) is 11.8 Å². The zero-order valence-electron chi connectivity index (χ0n) is 13.7. The maximum absolute atomic E-state index is 9.86. The number of hydrogen-bond donors (Lipinski definition) is 2. The monoisotopic (exact) mass is 323 g/mol. The van der Waals surface area contributed by atoms with Crippen LogP contribution in [0.2, 0.25) is 0 Å². The first-order chi connectivity index (χ1) is 11.7. The number of pyridine rings is 2. The van der Waals surface area contributed by atoms with Gasteiger partial charge in [0.15, 0.2) is 0 Å². The van der Waals surface area contributed by atoms with Crippen molar-refractivity contribution in [2.75, 3.05) is 18.0 Å². The van der Waals surface area contributed by atoms with Crippen LogP contribution in [0.4, 0.5) is 5.82 Å². The van der Waals surface area contributed by atoms with E-state index >= 15 is 0 Å². The lowest BCUT2D eigenvalue weighted by Gasteiger charge is -2.33. The molecule has 1 fully saturated rings. The largest absolute Gasteiger partial charge is 0.506 e. The SMILES string of the molecule is Cc1ccc(O)c(CNC2CCN(c3ccc(C#N)cn3)CC2)n1. The van der Waals surface area contributed by atoms with Crippen LogP contribution in [0.3, 0.4) is 0 Å². The van der Waals surface area contributed by atoms with Gasteiger partial charge in [-0.3, -0.25) is 4.98 Å². The van der Waals surface area contributed by atoms with Crippen molar-refractivity contribution < 1.29 is 5.11 Å². The highest BCUT2D eigenvalue weighted by molar-refractivity contribution is 5.42. The Morgan fingerprint density at radius 2 is 2.08 bits per heavy atom. The third kappa shape index (κ3) is 3.81. The Morgan fingerprint density at radius 1 is 1.29 bits per heavy atom. The molecule has 24 heavy (non-hydrogen) atoms. The van der Waals surface area contributed by atoms with Crippen molar-refractivity contribution in [1.82, 2.24) is 15.3 Å². The van der Waals surface area contributed by atoms with Crippen molar-refractivity contribution in [3.63, 3.8) is 0 Å². The lowest BCUT2D eigenvalue weighted by atomic mass is 10.0. The molecule has 0 saturated carbocycles. The van der Waals surface area contributed by atoms with Gasteiger partial charge in [-0.2, -0.15) is 5.26 Å². The van der Waals surface area contributed by atoms with Crippen molar-refractivity contribution in [2.24, 2.45) is 0 Å². The van der Waals surface area contributed by atoms with Crippen LogP contribution in [-0.2, 0) is 6.54 Å². The number of aromatic nitrogens is 2. The Kier molecular flexibility index (Phi) is 4.92. The lowest BCUT2D eigenvalue weighted by molar-refractivity contribution is 0.401. The van der Waals surface area contributed by atoms with Gasteiger partial charge in [-0.1, -0.05) is 0 Å². The molecule has 0 aliphatic carbocycles. The minimum atomic E-state index is 0.243. The molecule has 3 rings (SSSR count). The first-order valence-corrected chi connectivity index (χ1v) is 8.15. The maximum atomic E-state index is 9.86. The number of nitriles is 1. The van der Waals surface area contributed by atoms with Gasteiger partial charge < -0.3 is 15.3 Å². The molecule has 2 aromatic rings. The van der Waals surface area contributed by atoms with Crippen molar-refractivity contribution in [2.45, 2.75) is 32.4 Å². The smallest absolute Gasteiger partial charge is 0.138 e. The second-order valence-corrected chi connectivity index (χ2v) is 6.08. The highest BCUT2D eigenvalue weighted by Gasteiger charge is 2.20. The molecule has 0 aromatic carbocycles. The molecule has 1 aliphatic rings. The van der Waals surface area contributed by atoms with Gasteiger partial charge in [0.25, 0.3) is 0 Å². The molecular weight excluding hydrogens is 302 g/mol. The Hall–Kier alpha value is -2.65. The van der Waals surface area contributed by atoms with Gasteiger partial charge in [0.1, 0.15) is 17.6 Å². The van der Waals surface area contributed by atoms with Crippen LogP contribution >= 0.6 is 0 Å². The molecule has 0 radical (unpaired) electrons. The summed E-state index contributed by atoms with van der Waals surface area (Å²) in [7, 11) is 0. The summed E-state index contributed by atoms with van der Waals surface area (Å²) in [6.07, 6.45) is 3.63. The van der Waals surface area contributed by atoms with E-state index in [1.165, 1.54) is 0 Å². The Balaban J connectivity index is 1.51. The molecule has 0 amide bonds. The van der Waals surface area contributed by atoms with Crippen LogP contribution in [0.15, 0.2) is 30.5 Å². The second-order valence-electron chi connectivity index (χ2n) is 6.08. The van der Waals surface area contributed by atoms with E-state index in [0.717, 1.165) is 37.4 Å². The quantitative estimate of drug-likeness (QED) is 0.896. The number of rotatable bonds is 4. The number of aromatic hydroxyl groups is 1. The predicted octanol–water partition coefficient (Wildman–Crippen LogP) is 2.12. The summed E-state index contributed by atoms with van der Waals surface area (Å²) in [6.45, 7) is 4.34. The molecule has 2 aromatic heterocycles. The average molecular weight is 323 g/mol. The van der Waals surface area contributed by atoms with Crippen LogP contribution < -0.4 is 10.2 Å². The molecule has 2 N–H and O–H groups in total. The van der Waals surface area contributed by atoms with Gasteiger partial charge in [0.2, 0.25) is 0 Å². The Morgan fingerprint density at radius 3 is 2.75 bits per heavy atom. The Bertz CT molecular complexity index is 730. The van der Waals surface area contributed by atoms with Gasteiger partial charge in [-0.15, -0.1) is 0 Å². The van der Waals surface area contributed by atoms with E-state index in [9.17, 15) is 5.11 Å². The normalized spacial score (nSPS) is 15.2. The number of anilines is 1. The summed E-state index contributed by atoms with van der Waals surface area (Å²) < 4.78 is 0. The van der Waals surface area contributed by atoms with E-state index in [1.54, 1.807) is 18.3 Å². The summed E-state index contributed by atoms with van der Waals surface area (Å²) in [4.78, 5) is 11.0. The standard InChI is InChI=1S/C18H21N5O/c1-13-2-4-17(24)16(22-13)12-20-15-6-8-23(9-7-15)18-5-3-14(10-19)11-21-18/h2-5,11,15,20,24H,6-9,12H2,1H3. The van der Waals surface area contributed by atoms with Crippen LogP contribution in [0, 0.1) is 18.3 Å². The van der Waals surface area contributed by atoms with Crippen molar-refractivity contribution in [3.05, 3.63) is 47.4 Å². The van der Waals surface area contributed by atoms with Crippen molar-refractivity contribution in [1.29, 1.82) is 5.26 Å². The van der Waals surface area contributed by atoms with Crippen molar-refractivity contribution >= 4 is 5.82 Å². The minimum absolute atomic E-state index is 0.243. The average Bonchev–Trinajstić information content (AvgIpc) is 2.63. The van der Waals surface area contributed by atoms with Gasteiger partial charge in [0.05, 0.1) is 11.3 Å². The zero-order chi connectivity index (χ0) is 16.9.